The zero-order chi connectivity index (χ0) is 29.3. The summed E-state index contributed by atoms with van der Waals surface area (Å²) in [5.74, 6) is 0.629. The first-order chi connectivity index (χ1) is 19.6. The van der Waals surface area contributed by atoms with Gasteiger partial charge < -0.3 is 20.0 Å². The van der Waals surface area contributed by atoms with Crippen LogP contribution in [0.1, 0.15) is 72.7 Å². The summed E-state index contributed by atoms with van der Waals surface area (Å²) in [7, 11) is 0. The molecule has 0 radical (unpaired) electrons. The minimum absolute atomic E-state index is 0.0452. The molecule has 41 heavy (non-hydrogen) atoms. The van der Waals surface area contributed by atoms with Gasteiger partial charge in [-0.05, 0) is 80.7 Å². The first-order valence-corrected chi connectivity index (χ1v) is 16.0. The highest BCUT2D eigenvalue weighted by Gasteiger charge is 2.43. The van der Waals surface area contributed by atoms with Gasteiger partial charge in [0.05, 0.1) is 5.25 Å². The molecule has 0 aromatic heterocycles. The number of nitrogens with zero attached hydrogens (tertiary/aromatic N) is 3. The third kappa shape index (κ3) is 6.42. The van der Waals surface area contributed by atoms with Crippen LogP contribution >= 0.6 is 11.8 Å². The number of para-hydroxylation sites is 1. The second-order valence-electron chi connectivity index (χ2n) is 12.4. The van der Waals surface area contributed by atoms with E-state index in [1.54, 1.807) is 11.8 Å². The number of thioether (sulfide) groups is 1. The second-order valence-corrected chi connectivity index (χ2v) is 13.6. The molecule has 8 heteroatoms. The quantitative estimate of drug-likeness (QED) is 0.434. The highest BCUT2D eigenvalue weighted by Crippen LogP contribution is 2.47. The number of benzene rings is 2. The van der Waals surface area contributed by atoms with E-state index in [1.165, 1.54) is 22.3 Å². The minimum Gasteiger partial charge on any atom is -0.342 e. The van der Waals surface area contributed by atoms with Crippen LogP contribution in [0.4, 0.5) is 10.5 Å². The molecular formula is C33H44N4O3S. The molecule has 0 aliphatic carbocycles. The van der Waals surface area contributed by atoms with Crippen molar-refractivity contribution in [2.45, 2.75) is 83.4 Å². The van der Waals surface area contributed by atoms with Gasteiger partial charge >= 0.3 is 6.03 Å². The van der Waals surface area contributed by atoms with Gasteiger partial charge in [-0.1, -0.05) is 49.7 Å². The molecule has 2 atom stereocenters. The molecule has 7 nitrogen and oxygen atoms in total. The summed E-state index contributed by atoms with van der Waals surface area (Å²) in [6, 6.07) is 12.4. The summed E-state index contributed by atoms with van der Waals surface area (Å²) >= 11 is 1.65. The molecule has 2 aromatic rings. The molecule has 2 fully saturated rings. The monoisotopic (exact) mass is 576 g/mol. The van der Waals surface area contributed by atoms with Crippen LogP contribution in [0.25, 0.3) is 0 Å². The summed E-state index contributed by atoms with van der Waals surface area (Å²) in [4.78, 5) is 46.1. The summed E-state index contributed by atoms with van der Waals surface area (Å²) in [5, 5.41) is 2.64. The van der Waals surface area contributed by atoms with Gasteiger partial charge in [0.2, 0.25) is 11.8 Å². The molecule has 220 valence electrons. The average molecular weight is 577 g/mol. The average Bonchev–Trinajstić information content (AvgIpc) is 3.10. The number of carbonyl (C=O) groups is 3. The number of hydrogen-bond donors (Lipinski definition) is 1. The maximum atomic E-state index is 13.7. The Morgan fingerprint density at radius 1 is 1.02 bits per heavy atom. The van der Waals surface area contributed by atoms with Gasteiger partial charge in [0, 0.05) is 44.3 Å². The fourth-order valence-electron chi connectivity index (χ4n) is 6.61. The topological polar surface area (TPSA) is 73.0 Å². The Labute approximate surface area is 249 Å². The molecular weight excluding hydrogens is 532 g/mol. The number of urea groups is 1. The van der Waals surface area contributed by atoms with Crippen molar-refractivity contribution in [1.82, 2.24) is 14.7 Å². The summed E-state index contributed by atoms with van der Waals surface area (Å²) < 4.78 is 0. The van der Waals surface area contributed by atoms with Crippen LogP contribution < -0.4 is 5.32 Å². The molecule has 3 aliphatic rings. The Morgan fingerprint density at radius 3 is 2.39 bits per heavy atom. The van der Waals surface area contributed by atoms with Gasteiger partial charge in [0.1, 0.15) is 5.37 Å². The molecule has 0 saturated carbocycles. The van der Waals surface area contributed by atoms with Crippen molar-refractivity contribution in [3.05, 3.63) is 64.2 Å². The maximum absolute atomic E-state index is 13.7. The van der Waals surface area contributed by atoms with E-state index in [0.717, 1.165) is 36.9 Å². The zero-order valence-corrected chi connectivity index (χ0v) is 25.9. The number of amides is 4. The highest BCUT2D eigenvalue weighted by molar-refractivity contribution is 8.01. The number of carbonyl (C=O) groups excluding carboxylic acids is 3. The lowest BCUT2D eigenvalue weighted by Crippen LogP contribution is -2.50. The van der Waals surface area contributed by atoms with E-state index in [1.807, 2.05) is 32.9 Å². The van der Waals surface area contributed by atoms with Crippen molar-refractivity contribution in [1.29, 1.82) is 0 Å². The van der Waals surface area contributed by atoms with Crippen molar-refractivity contribution in [3.63, 3.8) is 0 Å². The standard InChI is InChI=1S/C33H44N4O3S/c1-21(2)10-16-37-31(39)28(41-32(37)30-23(4)18-22(3)19-24(30)5)20-29(38)35-14-12-26(13-15-35)36-17-11-25-8-6-7-9-27(25)34-33(36)40/h6-9,18-19,21,26,28,32H,10-17,20H2,1-5H3,(H,34,40). The molecule has 3 aliphatic heterocycles. The Bertz CT molecular complexity index is 1280. The smallest absolute Gasteiger partial charge is 0.322 e. The largest absolute Gasteiger partial charge is 0.342 e. The van der Waals surface area contributed by atoms with Crippen molar-refractivity contribution < 1.29 is 14.4 Å². The van der Waals surface area contributed by atoms with Gasteiger partial charge in [-0.3, -0.25) is 9.59 Å². The highest BCUT2D eigenvalue weighted by atomic mass is 32.2. The molecule has 2 saturated heterocycles. The first-order valence-electron chi connectivity index (χ1n) is 15.1. The van der Waals surface area contributed by atoms with E-state index in [2.05, 4.69) is 58.1 Å². The number of aryl methyl sites for hydroxylation is 3. The lowest BCUT2D eigenvalue weighted by atomic mass is 9.98. The Balaban J connectivity index is 1.22. The van der Waals surface area contributed by atoms with Gasteiger partial charge in [-0.15, -0.1) is 11.8 Å². The van der Waals surface area contributed by atoms with Crippen LogP contribution in [0.15, 0.2) is 36.4 Å². The lowest BCUT2D eigenvalue weighted by molar-refractivity contribution is -0.136. The summed E-state index contributed by atoms with van der Waals surface area (Å²) in [6.45, 7) is 13.4. The third-order valence-corrected chi connectivity index (χ3v) is 10.3. The molecule has 2 aromatic carbocycles. The maximum Gasteiger partial charge on any atom is 0.322 e. The van der Waals surface area contributed by atoms with Crippen LogP contribution in [-0.2, 0) is 16.0 Å². The fraction of sp³-hybridized carbons (Fsp3) is 0.545. The van der Waals surface area contributed by atoms with Crippen molar-refractivity contribution >= 4 is 35.3 Å². The Hall–Kier alpha value is -3.00. The van der Waals surface area contributed by atoms with E-state index in [4.69, 9.17) is 0 Å². The fourth-order valence-corrected chi connectivity index (χ4v) is 8.27. The normalized spacial score (nSPS) is 21.8. The first kappa shape index (κ1) is 29.5. The summed E-state index contributed by atoms with van der Waals surface area (Å²) in [6.07, 6.45) is 3.50. The molecule has 1 N–H and O–H groups in total. The number of anilines is 1. The molecule has 3 heterocycles. The zero-order valence-electron chi connectivity index (χ0n) is 25.1. The number of hydrogen-bond acceptors (Lipinski definition) is 4. The molecule has 0 spiro atoms. The number of piperidine rings is 1. The third-order valence-electron chi connectivity index (χ3n) is 8.83. The van der Waals surface area contributed by atoms with Crippen molar-refractivity contribution in [2.75, 3.05) is 31.5 Å². The second kappa shape index (κ2) is 12.5. The predicted molar refractivity (Wildman–Crippen MR) is 166 cm³/mol. The number of likely N-dealkylation sites (tertiary alicyclic amines) is 1. The van der Waals surface area contributed by atoms with Crippen molar-refractivity contribution in [3.8, 4) is 0 Å². The SMILES string of the molecule is Cc1cc(C)c(C2SC(CC(=O)N3CCC(N4CCc5ccccc5NC4=O)CC3)C(=O)N2CCC(C)C)c(C)c1. The van der Waals surface area contributed by atoms with Crippen LogP contribution in [0, 0.1) is 26.7 Å². The lowest BCUT2D eigenvalue weighted by Gasteiger charge is -2.38. The minimum atomic E-state index is -0.368. The molecule has 2 unspecified atom stereocenters. The van der Waals surface area contributed by atoms with E-state index in [9.17, 15) is 14.4 Å². The van der Waals surface area contributed by atoms with Crippen LogP contribution in [-0.4, -0.2) is 70.0 Å². The molecule has 0 bridgehead atoms. The van der Waals surface area contributed by atoms with Gasteiger partial charge in [-0.2, -0.15) is 0 Å². The number of nitrogens with one attached hydrogen (secondary N) is 1. The number of fused-ring (bicyclic) bond motifs is 1. The Morgan fingerprint density at radius 2 is 1.71 bits per heavy atom. The van der Waals surface area contributed by atoms with E-state index < -0.39 is 0 Å². The van der Waals surface area contributed by atoms with E-state index in [0.29, 0.717) is 32.1 Å². The van der Waals surface area contributed by atoms with Crippen molar-refractivity contribution in [2.24, 2.45) is 5.92 Å². The Kier molecular flexibility index (Phi) is 8.97. The van der Waals surface area contributed by atoms with Crippen LogP contribution in [0.3, 0.4) is 0 Å². The molecule has 5 rings (SSSR count). The molecule has 4 amide bonds. The summed E-state index contributed by atoms with van der Waals surface area (Å²) in [5.41, 5.74) is 6.90. The van der Waals surface area contributed by atoms with Gasteiger partial charge in [0.25, 0.3) is 0 Å². The van der Waals surface area contributed by atoms with Gasteiger partial charge in [0.15, 0.2) is 0 Å². The van der Waals surface area contributed by atoms with Crippen LogP contribution in [0.5, 0.6) is 0 Å². The van der Waals surface area contributed by atoms with Gasteiger partial charge in [-0.25, -0.2) is 4.79 Å². The van der Waals surface area contributed by atoms with E-state index >= 15 is 0 Å². The number of rotatable bonds is 7. The van der Waals surface area contributed by atoms with E-state index in [-0.39, 0.29) is 40.9 Å². The van der Waals surface area contributed by atoms with Crippen LogP contribution in [0.2, 0.25) is 0 Å². The predicted octanol–water partition coefficient (Wildman–Crippen LogP) is 6.07.